The average molecular weight is 477 g/mol. The van der Waals surface area contributed by atoms with Crippen LogP contribution in [0.5, 0.6) is 0 Å². The molecule has 0 aliphatic carbocycles. The fourth-order valence-electron chi connectivity index (χ4n) is 3.27. The van der Waals surface area contributed by atoms with E-state index in [9.17, 15) is 24.0 Å². The second-order valence-electron chi connectivity index (χ2n) is 7.40. The highest BCUT2D eigenvalue weighted by atomic mass is 16.7. The quantitative estimate of drug-likeness (QED) is 0.326. The van der Waals surface area contributed by atoms with Gasteiger partial charge in [0, 0.05) is 33.8 Å². The molecule has 0 radical (unpaired) electrons. The number of amides is 1. The number of benzene rings is 1. The third-order valence-corrected chi connectivity index (χ3v) is 4.51. The van der Waals surface area contributed by atoms with Gasteiger partial charge in [0.2, 0.25) is 12.2 Å². The summed E-state index contributed by atoms with van der Waals surface area (Å²) in [7, 11) is 0. The van der Waals surface area contributed by atoms with Crippen LogP contribution in [-0.4, -0.2) is 67.0 Å². The van der Waals surface area contributed by atoms with Crippen LogP contribution in [0.1, 0.15) is 33.3 Å². The molecule has 1 fully saturated rings. The van der Waals surface area contributed by atoms with E-state index in [2.05, 4.69) is 5.32 Å². The molecule has 1 saturated heterocycles. The van der Waals surface area contributed by atoms with E-state index >= 15 is 0 Å². The Balaban J connectivity index is 2.35. The van der Waals surface area contributed by atoms with Crippen LogP contribution in [0.3, 0.4) is 0 Å². The zero-order valence-corrected chi connectivity index (χ0v) is 19.2. The molecule has 0 unspecified atom stereocenters. The molecule has 184 valence electrons. The minimum atomic E-state index is -1.46. The molecule has 2 rings (SSSR count). The van der Waals surface area contributed by atoms with Crippen LogP contribution >= 0.6 is 0 Å². The summed E-state index contributed by atoms with van der Waals surface area (Å²) in [4.78, 5) is 59.3. The lowest BCUT2D eigenvalue weighted by Gasteiger charge is -2.44. The predicted molar refractivity (Wildman–Crippen MR) is 116 cm³/mol. The van der Waals surface area contributed by atoms with Crippen LogP contribution in [0.25, 0.3) is 6.08 Å². The van der Waals surface area contributed by atoms with Gasteiger partial charge in [0.05, 0.1) is 0 Å². The third kappa shape index (κ3) is 8.32. The molecule has 0 spiro atoms. The maximum atomic E-state index is 12.5. The maximum Gasteiger partial charge on any atom is 0.333 e. The van der Waals surface area contributed by atoms with E-state index in [1.165, 1.54) is 19.9 Å². The van der Waals surface area contributed by atoms with Gasteiger partial charge in [-0.3, -0.25) is 19.2 Å². The van der Waals surface area contributed by atoms with Crippen molar-refractivity contribution in [3.8, 4) is 0 Å². The zero-order valence-electron chi connectivity index (χ0n) is 19.2. The van der Waals surface area contributed by atoms with Crippen molar-refractivity contribution in [3.63, 3.8) is 0 Å². The normalized spacial score (nSPS) is 24.1. The number of hydrogen-bond acceptors (Lipinski definition) is 10. The van der Waals surface area contributed by atoms with E-state index in [4.69, 9.17) is 23.7 Å². The smallest absolute Gasteiger partial charge is 0.333 e. The van der Waals surface area contributed by atoms with Crippen molar-refractivity contribution in [2.75, 3.05) is 6.61 Å². The van der Waals surface area contributed by atoms with Crippen molar-refractivity contribution in [3.05, 3.63) is 42.0 Å². The summed E-state index contributed by atoms with van der Waals surface area (Å²) in [5.74, 6) is -3.49. The molecule has 1 aliphatic heterocycles. The number of carbonyl (C=O) groups is 5. The number of hydrogen-bond donors (Lipinski definition) is 1. The Morgan fingerprint density at radius 2 is 1.50 bits per heavy atom. The Morgan fingerprint density at radius 3 is 2.06 bits per heavy atom. The topological polar surface area (TPSA) is 144 Å². The Labute approximate surface area is 196 Å². The van der Waals surface area contributed by atoms with Crippen LogP contribution in [0.4, 0.5) is 0 Å². The second-order valence-corrected chi connectivity index (χ2v) is 7.40. The van der Waals surface area contributed by atoms with Crippen molar-refractivity contribution in [1.29, 1.82) is 0 Å². The fourth-order valence-corrected chi connectivity index (χ4v) is 3.27. The minimum Gasteiger partial charge on any atom is -0.463 e. The summed E-state index contributed by atoms with van der Waals surface area (Å²) in [5, 5.41) is 2.51. The highest BCUT2D eigenvalue weighted by molar-refractivity contribution is 5.87. The van der Waals surface area contributed by atoms with Gasteiger partial charge in [0.25, 0.3) is 0 Å². The lowest BCUT2D eigenvalue weighted by Crippen LogP contribution is -2.66. The first-order valence-corrected chi connectivity index (χ1v) is 10.4. The molecule has 5 atom stereocenters. The lowest BCUT2D eigenvalue weighted by atomic mass is 9.96. The van der Waals surface area contributed by atoms with Gasteiger partial charge in [-0.05, 0) is 11.6 Å². The third-order valence-electron chi connectivity index (χ3n) is 4.51. The molecule has 0 saturated carbocycles. The summed E-state index contributed by atoms with van der Waals surface area (Å²) in [6.07, 6.45) is -2.54. The van der Waals surface area contributed by atoms with E-state index in [1.807, 2.05) is 6.07 Å². The Morgan fingerprint density at radius 1 is 0.882 bits per heavy atom. The first-order valence-electron chi connectivity index (χ1n) is 10.4. The van der Waals surface area contributed by atoms with Gasteiger partial charge >= 0.3 is 23.9 Å². The Hall–Kier alpha value is -3.73. The first-order chi connectivity index (χ1) is 16.1. The molecule has 0 bridgehead atoms. The van der Waals surface area contributed by atoms with Gasteiger partial charge in [0.1, 0.15) is 18.8 Å². The van der Waals surface area contributed by atoms with Gasteiger partial charge < -0.3 is 29.0 Å². The van der Waals surface area contributed by atoms with Crippen LogP contribution in [0.2, 0.25) is 0 Å². The fraction of sp³-hybridized carbons (Fsp3) is 0.435. The Bertz CT molecular complexity index is 929. The van der Waals surface area contributed by atoms with Crippen molar-refractivity contribution in [2.24, 2.45) is 0 Å². The zero-order chi connectivity index (χ0) is 25.3. The number of carbonyl (C=O) groups excluding carboxylic acids is 5. The Kier molecular flexibility index (Phi) is 9.75. The first kappa shape index (κ1) is 26.5. The van der Waals surface area contributed by atoms with E-state index < -0.39 is 67.0 Å². The number of nitrogens with one attached hydrogen (secondary N) is 1. The van der Waals surface area contributed by atoms with Crippen molar-refractivity contribution in [2.45, 2.75) is 58.3 Å². The minimum absolute atomic E-state index is 0.397. The molecule has 1 aliphatic rings. The van der Waals surface area contributed by atoms with Crippen LogP contribution in [0, 0.1) is 0 Å². The summed E-state index contributed by atoms with van der Waals surface area (Å²) in [6.45, 7) is 4.22. The summed E-state index contributed by atoms with van der Waals surface area (Å²) >= 11 is 0. The van der Waals surface area contributed by atoms with E-state index in [0.717, 1.165) is 25.5 Å². The molecule has 1 amide bonds. The molecule has 1 aromatic rings. The molecule has 11 heteroatoms. The molecule has 0 aromatic heterocycles. The standard InChI is InChI=1S/C23H27NO10/c1-13(25)24-20-22(32-16(4)28)21(31-15(3)27)18(12-30-14(2)26)33-23(20)34-19(29)11-10-17-8-6-5-7-9-17/h5-11,18,20-23H,12H2,1-4H3,(H,24,25)/b11-10+/t18-,20-,21+,22-,23+/m0/s1. The summed E-state index contributed by atoms with van der Waals surface area (Å²) in [6, 6.07) is 7.73. The maximum absolute atomic E-state index is 12.5. The van der Waals surface area contributed by atoms with Gasteiger partial charge in [0.15, 0.2) is 12.2 Å². The van der Waals surface area contributed by atoms with Crippen molar-refractivity contribution >= 4 is 35.9 Å². The molecular weight excluding hydrogens is 450 g/mol. The van der Waals surface area contributed by atoms with Gasteiger partial charge in [-0.1, -0.05) is 30.3 Å². The second kappa shape index (κ2) is 12.5. The van der Waals surface area contributed by atoms with Crippen LogP contribution < -0.4 is 5.32 Å². The van der Waals surface area contributed by atoms with E-state index in [-0.39, 0.29) is 0 Å². The number of esters is 4. The molecule has 1 heterocycles. The largest absolute Gasteiger partial charge is 0.463 e. The lowest BCUT2D eigenvalue weighted by molar-refractivity contribution is -0.270. The highest BCUT2D eigenvalue weighted by Gasteiger charge is 2.52. The molecule has 11 nitrogen and oxygen atoms in total. The molecule has 1 aromatic carbocycles. The van der Waals surface area contributed by atoms with Gasteiger partial charge in [-0.15, -0.1) is 0 Å². The molecule has 34 heavy (non-hydrogen) atoms. The van der Waals surface area contributed by atoms with Crippen LogP contribution in [0.15, 0.2) is 36.4 Å². The molecule has 1 N–H and O–H groups in total. The summed E-state index contributed by atoms with van der Waals surface area (Å²) in [5.41, 5.74) is 0.739. The van der Waals surface area contributed by atoms with Crippen LogP contribution in [-0.2, 0) is 47.7 Å². The van der Waals surface area contributed by atoms with Gasteiger partial charge in [-0.25, -0.2) is 4.79 Å². The SMILES string of the molecule is CC(=O)N[C@@H]1[C@@H](OC(=O)/C=C/c2ccccc2)O[C@@H](COC(C)=O)[C@@H](OC(C)=O)[C@H]1OC(C)=O. The van der Waals surface area contributed by atoms with E-state index in [0.29, 0.717) is 0 Å². The number of ether oxygens (including phenoxy) is 5. The predicted octanol–water partition coefficient (Wildman–Crippen LogP) is 0.899. The van der Waals surface area contributed by atoms with Crippen molar-refractivity contribution < 1.29 is 47.7 Å². The number of rotatable bonds is 8. The summed E-state index contributed by atoms with van der Waals surface area (Å²) < 4.78 is 26.8. The highest BCUT2D eigenvalue weighted by Crippen LogP contribution is 2.28. The average Bonchev–Trinajstić information content (AvgIpc) is 2.75. The monoisotopic (exact) mass is 477 g/mol. The van der Waals surface area contributed by atoms with Crippen molar-refractivity contribution in [1.82, 2.24) is 5.32 Å². The van der Waals surface area contributed by atoms with E-state index in [1.54, 1.807) is 24.3 Å². The van der Waals surface area contributed by atoms with Gasteiger partial charge in [-0.2, -0.15) is 0 Å². The molecular formula is C23H27NO10.